The van der Waals surface area contributed by atoms with Crippen LogP contribution in [0.25, 0.3) is 0 Å². The van der Waals surface area contributed by atoms with Crippen molar-refractivity contribution in [1.82, 2.24) is 15.0 Å². The largest absolute Gasteiger partial charge is 0.388 e. The van der Waals surface area contributed by atoms with E-state index < -0.39 is 26.9 Å². The van der Waals surface area contributed by atoms with Gasteiger partial charge in [-0.05, 0) is 0 Å². The molecular weight excluding hydrogens is 272 g/mol. The molecule has 1 aromatic heterocycles. The van der Waals surface area contributed by atoms with Crippen LogP contribution in [-0.2, 0) is 4.74 Å². The maximum absolute atomic E-state index is 8.93. The lowest BCUT2D eigenvalue weighted by Gasteiger charge is -2.20. The zero-order valence-corrected chi connectivity index (χ0v) is 11.3. The minimum absolute atomic E-state index is 0.0654. The Bertz CT molecular complexity index is 344. The zero-order chi connectivity index (χ0) is 15.5. The average Bonchev–Trinajstić information content (AvgIpc) is 2.42. The van der Waals surface area contributed by atoms with Gasteiger partial charge in [0.1, 0.15) is 26.9 Å². The first kappa shape index (κ1) is 18.2. The maximum Gasteiger partial charge on any atom is 0.235 e. The normalized spacial score (nSPS) is 9.70. The molecule has 0 amide bonds. The van der Waals surface area contributed by atoms with E-state index in [0.717, 1.165) is 9.80 Å². The summed E-state index contributed by atoms with van der Waals surface area (Å²) in [6.45, 7) is -2.06. The lowest BCUT2D eigenvalue weighted by atomic mass is 10.7. The Morgan fingerprint density at radius 3 is 1.40 bits per heavy atom. The lowest BCUT2D eigenvalue weighted by molar-refractivity contribution is 0.217. The van der Waals surface area contributed by atoms with Crippen molar-refractivity contribution in [3.63, 3.8) is 0 Å². The summed E-state index contributed by atoms with van der Waals surface area (Å²) in [4.78, 5) is 13.2. The first-order valence-corrected chi connectivity index (χ1v) is 5.42. The molecule has 1 rings (SSSR count). The third-order valence-electron chi connectivity index (χ3n) is 1.88. The van der Waals surface area contributed by atoms with Crippen molar-refractivity contribution in [2.24, 2.45) is 0 Å². The number of rotatable bonds is 6. The molecule has 0 radical (unpaired) electrons. The Labute approximate surface area is 115 Å². The monoisotopic (exact) mass is 292 g/mol. The fourth-order valence-corrected chi connectivity index (χ4v) is 0.995. The van der Waals surface area contributed by atoms with Crippen LogP contribution in [0, 0.1) is 0 Å². The molecule has 11 heteroatoms. The van der Waals surface area contributed by atoms with Crippen molar-refractivity contribution in [2.75, 3.05) is 56.7 Å². The quantitative estimate of drug-likeness (QED) is 0.342. The number of hydrogen-bond donors (Lipinski definition) is 5. The van der Waals surface area contributed by atoms with Gasteiger partial charge in [0.05, 0.1) is 0 Å². The fraction of sp³-hybridized carbons (Fsp3) is 0.667. The lowest BCUT2D eigenvalue weighted by Crippen LogP contribution is -2.31. The topological polar surface area (TPSA) is 161 Å². The average molecular weight is 292 g/mol. The van der Waals surface area contributed by atoms with E-state index in [9.17, 15) is 0 Å². The number of hydrogen-bond acceptors (Lipinski definition) is 11. The summed E-state index contributed by atoms with van der Waals surface area (Å²) in [6.07, 6.45) is 0. The summed E-state index contributed by atoms with van der Waals surface area (Å²) in [5, 5.41) is 35.7. The van der Waals surface area contributed by atoms with Gasteiger partial charge < -0.3 is 30.9 Å². The van der Waals surface area contributed by atoms with Crippen LogP contribution >= 0.6 is 0 Å². The Hall–Kier alpha value is -1.79. The third kappa shape index (κ3) is 5.46. The highest BCUT2D eigenvalue weighted by atomic mass is 16.4. The maximum atomic E-state index is 8.93. The summed E-state index contributed by atoms with van der Waals surface area (Å²) in [6, 6.07) is 0. The molecule has 11 nitrogen and oxygen atoms in total. The van der Waals surface area contributed by atoms with E-state index in [1.807, 2.05) is 0 Å². The first-order chi connectivity index (χ1) is 9.57. The summed E-state index contributed by atoms with van der Waals surface area (Å²) in [7, 11) is 3.25. The first-order valence-electron chi connectivity index (χ1n) is 5.42. The molecule has 116 valence electrons. The summed E-state index contributed by atoms with van der Waals surface area (Å²) >= 11 is 0. The SMILES string of the molecule is COC.Nc1nc(N(CO)CO)nc(N(CO)CO)n1. The zero-order valence-electron chi connectivity index (χ0n) is 11.3. The highest BCUT2D eigenvalue weighted by Gasteiger charge is 2.14. The molecule has 0 saturated carbocycles. The van der Waals surface area contributed by atoms with Gasteiger partial charge in [-0.15, -0.1) is 0 Å². The van der Waals surface area contributed by atoms with E-state index in [1.165, 1.54) is 0 Å². The molecule has 0 saturated heterocycles. The second kappa shape index (κ2) is 10.1. The summed E-state index contributed by atoms with van der Waals surface area (Å²) < 4.78 is 4.25. The van der Waals surface area contributed by atoms with Gasteiger partial charge in [0.25, 0.3) is 0 Å². The van der Waals surface area contributed by atoms with Gasteiger partial charge >= 0.3 is 0 Å². The third-order valence-corrected chi connectivity index (χ3v) is 1.88. The number of aliphatic hydroxyl groups excluding tert-OH is 4. The Morgan fingerprint density at radius 1 is 0.850 bits per heavy atom. The van der Waals surface area contributed by atoms with Crippen LogP contribution in [0.15, 0.2) is 0 Å². The molecule has 0 aliphatic heterocycles. The van der Waals surface area contributed by atoms with Gasteiger partial charge in [-0.1, -0.05) is 0 Å². The number of nitrogens with zero attached hydrogens (tertiary/aromatic N) is 5. The number of nitrogens with two attached hydrogens (primary N) is 1. The Kier molecular flexibility index (Phi) is 9.15. The molecule has 0 spiro atoms. The van der Waals surface area contributed by atoms with Crippen molar-refractivity contribution in [1.29, 1.82) is 0 Å². The van der Waals surface area contributed by atoms with E-state index in [0.29, 0.717) is 0 Å². The van der Waals surface area contributed by atoms with Crippen LogP contribution in [0.5, 0.6) is 0 Å². The molecule has 1 aromatic rings. The number of nitrogen functional groups attached to an aromatic ring is 1. The second-order valence-electron chi connectivity index (χ2n) is 3.35. The molecule has 6 N–H and O–H groups in total. The van der Waals surface area contributed by atoms with E-state index >= 15 is 0 Å². The highest BCUT2D eigenvalue weighted by Crippen LogP contribution is 2.13. The van der Waals surface area contributed by atoms with E-state index in [1.54, 1.807) is 14.2 Å². The minimum atomic E-state index is -0.516. The molecule has 0 aliphatic carbocycles. The molecule has 0 bridgehead atoms. The van der Waals surface area contributed by atoms with E-state index in [4.69, 9.17) is 26.2 Å². The standard InChI is InChI=1S/C7H14N6O4.C2H6O/c8-5-9-6(12(1-14)2-15)11-7(10-5)13(3-16)4-17;1-3-2/h14-17H,1-4H2,(H2,8,9,10,11);1-2H3. The van der Waals surface area contributed by atoms with Gasteiger partial charge in [0, 0.05) is 14.2 Å². The predicted molar refractivity (Wildman–Crippen MR) is 70.5 cm³/mol. The smallest absolute Gasteiger partial charge is 0.235 e. The van der Waals surface area contributed by atoms with E-state index in [-0.39, 0.29) is 17.8 Å². The van der Waals surface area contributed by atoms with Crippen molar-refractivity contribution in [2.45, 2.75) is 0 Å². The second-order valence-corrected chi connectivity index (χ2v) is 3.35. The number of ether oxygens (including phenoxy) is 1. The molecule has 0 atom stereocenters. The van der Waals surface area contributed by atoms with Gasteiger partial charge in [-0.3, -0.25) is 9.80 Å². The van der Waals surface area contributed by atoms with Crippen LogP contribution in [0.2, 0.25) is 0 Å². The van der Waals surface area contributed by atoms with E-state index in [2.05, 4.69) is 19.7 Å². The Morgan fingerprint density at radius 2 is 1.15 bits per heavy atom. The number of methoxy groups -OCH3 is 1. The molecule has 0 unspecified atom stereocenters. The van der Waals surface area contributed by atoms with Crippen LogP contribution in [-0.4, -0.2) is 76.5 Å². The minimum Gasteiger partial charge on any atom is -0.388 e. The number of aliphatic hydroxyl groups is 4. The molecule has 0 aliphatic rings. The molecule has 20 heavy (non-hydrogen) atoms. The van der Waals surface area contributed by atoms with Crippen LogP contribution in [0.1, 0.15) is 0 Å². The highest BCUT2D eigenvalue weighted by molar-refractivity contribution is 5.42. The predicted octanol–water partition coefficient (Wildman–Crippen LogP) is -2.87. The van der Waals surface area contributed by atoms with Crippen molar-refractivity contribution < 1.29 is 25.2 Å². The van der Waals surface area contributed by atoms with Gasteiger partial charge in [0.2, 0.25) is 17.8 Å². The fourth-order valence-electron chi connectivity index (χ4n) is 0.995. The van der Waals surface area contributed by atoms with Crippen LogP contribution < -0.4 is 15.5 Å². The molecule has 0 aromatic carbocycles. The van der Waals surface area contributed by atoms with Crippen molar-refractivity contribution in [3.8, 4) is 0 Å². The van der Waals surface area contributed by atoms with Gasteiger partial charge in [0.15, 0.2) is 0 Å². The van der Waals surface area contributed by atoms with Gasteiger partial charge in [-0.2, -0.15) is 15.0 Å². The molecule has 0 fully saturated rings. The van der Waals surface area contributed by atoms with Crippen molar-refractivity contribution >= 4 is 17.8 Å². The Balaban J connectivity index is 0.00000110. The summed E-state index contributed by atoms with van der Waals surface area (Å²) in [5.74, 6) is -0.294. The van der Waals surface area contributed by atoms with Crippen LogP contribution in [0.4, 0.5) is 17.8 Å². The number of aromatic nitrogens is 3. The van der Waals surface area contributed by atoms with Crippen molar-refractivity contribution in [3.05, 3.63) is 0 Å². The van der Waals surface area contributed by atoms with Crippen LogP contribution in [0.3, 0.4) is 0 Å². The molecular formula is C9H20N6O5. The number of anilines is 3. The summed E-state index contributed by atoms with van der Waals surface area (Å²) in [5.41, 5.74) is 5.41. The van der Waals surface area contributed by atoms with Gasteiger partial charge in [-0.25, -0.2) is 0 Å². The molecule has 1 heterocycles.